The fraction of sp³-hybridized carbons (Fsp3) is 0.467. The molecule has 1 aliphatic rings. The van der Waals surface area contributed by atoms with Crippen LogP contribution in [0.25, 0.3) is 0 Å². The molecule has 1 atom stereocenters. The highest BCUT2D eigenvalue weighted by molar-refractivity contribution is 5.99. The second kappa shape index (κ2) is 7.08. The lowest BCUT2D eigenvalue weighted by Gasteiger charge is -2.19. The molecule has 0 radical (unpaired) electrons. The van der Waals surface area contributed by atoms with Gasteiger partial charge >= 0.3 is 6.03 Å². The molecule has 0 aromatic heterocycles. The van der Waals surface area contributed by atoms with Gasteiger partial charge in [-0.2, -0.15) is 0 Å². The Balaban J connectivity index is 2.05. The van der Waals surface area contributed by atoms with Gasteiger partial charge in [0.1, 0.15) is 0 Å². The lowest BCUT2D eigenvalue weighted by molar-refractivity contribution is -0.119. The third-order valence-corrected chi connectivity index (χ3v) is 3.62. The summed E-state index contributed by atoms with van der Waals surface area (Å²) in [7, 11) is 0. The van der Waals surface area contributed by atoms with Crippen molar-refractivity contribution in [1.82, 2.24) is 4.90 Å². The van der Waals surface area contributed by atoms with Crippen molar-refractivity contribution >= 4 is 23.3 Å². The molecule has 21 heavy (non-hydrogen) atoms. The SMILES string of the molecule is CC(CN)C(=O)Nc1ccccc1NC(=O)N1CCCC1. The number of rotatable bonds is 4. The predicted molar refractivity (Wildman–Crippen MR) is 83.1 cm³/mol. The largest absolute Gasteiger partial charge is 0.330 e. The Morgan fingerprint density at radius 1 is 1.19 bits per heavy atom. The Labute approximate surface area is 124 Å². The van der Waals surface area contributed by atoms with E-state index in [-0.39, 0.29) is 24.4 Å². The minimum absolute atomic E-state index is 0.124. The minimum atomic E-state index is -0.271. The molecule has 1 aromatic rings. The molecule has 1 heterocycles. The van der Waals surface area contributed by atoms with Crippen LogP contribution in [0, 0.1) is 5.92 Å². The number of hydrogen-bond acceptors (Lipinski definition) is 3. The van der Waals surface area contributed by atoms with Gasteiger partial charge in [0.15, 0.2) is 0 Å². The van der Waals surface area contributed by atoms with Crippen molar-refractivity contribution in [2.24, 2.45) is 11.7 Å². The number of likely N-dealkylation sites (tertiary alicyclic amines) is 1. The Morgan fingerprint density at radius 2 is 1.76 bits per heavy atom. The Morgan fingerprint density at radius 3 is 2.33 bits per heavy atom. The van der Waals surface area contributed by atoms with Crippen LogP contribution in [0.15, 0.2) is 24.3 Å². The summed E-state index contributed by atoms with van der Waals surface area (Å²) in [5, 5.41) is 5.66. The number of anilines is 2. The van der Waals surface area contributed by atoms with Crippen molar-refractivity contribution in [2.45, 2.75) is 19.8 Å². The first-order valence-corrected chi connectivity index (χ1v) is 7.27. The average molecular weight is 290 g/mol. The maximum Gasteiger partial charge on any atom is 0.321 e. The van der Waals surface area contributed by atoms with Crippen LogP contribution in [0.5, 0.6) is 0 Å². The number of carbonyl (C=O) groups excluding carboxylic acids is 2. The van der Waals surface area contributed by atoms with Crippen LogP contribution in [0.1, 0.15) is 19.8 Å². The van der Waals surface area contributed by atoms with Gasteiger partial charge in [-0.3, -0.25) is 4.79 Å². The Bertz CT molecular complexity index is 512. The lowest BCUT2D eigenvalue weighted by Crippen LogP contribution is -2.32. The number of urea groups is 1. The summed E-state index contributed by atoms with van der Waals surface area (Å²) in [6, 6.07) is 7.05. The van der Waals surface area contributed by atoms with Crippen LogP contribution in [0.2, 0.25) is 0 Å². The van der Waals surface area contributed by atoms with Gasteiger partial charge in [-0.15, -0.1) is 0 Å². The number of nitrogens with two attached hydrogens (primary N) is 1. The molecule has 1 saturated heterocycles. The van der Waals surface area contributed by atoms with Crippen molar-refractivity contribution in [1.29, 1.82) is 0 Å². The van der Waals surface area contributed by atoms with E-state index >= 15 is 0 Å². The molecular weight excluding hydrogens is 268 g/mol. The molecule has 2 rings (SSSR count). The van der Waals surface area contributed by atoms with Gasteiger partial charge in [-0.1, -0.05) is 19.1 Å². The van der Waals surface area contributed by atoms with Crippen LogP contribution in [0.3, 0.4) is 0 Å². The van der Waals surface area contributed by atoms with E-state index in [9.17, 15) is 9.59 Å². The molecule has 6 heteroatoms. The van der Waals surface area contributed by atoms with E-state index in [0.717, 1.165) is 25.9 Å². The molecule has 0 aliphatic carbocycles. The van der Waals surface area contributed by atoms with Crippen molar-refractivity contribution in [2.75, 3.05) is 30.3 Å². The van der Waals surface area contributed by atoms with Gasteiger partial charge in [0.2, 0.25) is 5.91 Å². The maximum absolute atomic E-state index is 12.1. The molecule has 0 saturated carbocycles. The van der Waals surface area contributed by atoms with Gasteiger partial charge in [-0.25, -0.2) is 4.79 Å². The topological polar surface area (TPSA) is 87.5 Å². The van der Waals surface area contributed by atoms with Crippen molar-refractivity contribution in [3.8, 4) is 0 Å². The zero-order valence-electron chi connectivity index (χ0n) is 12.3. The second-order valence-corrected chi connectivity index (χ2v) is 5.30. The molecule has 1 aromatic carbocycles. The molecule has 3 amide bonds. The third-order valence-electron chi connectivity index (χ3n) is 3.62. The Kier molecular flexibility index (Phi) is 5.16. The highest BCUT2D eigenvalue weighted by Gasteiger charge is 2.19. The maximum atomic E-state index is 12.1. The van der Waals surface area contributed by atoms with Gasteiger partial charge in [0.05, 0.1) is 11.4 Å². The summed E-state index contributed by atoms with van der Waals surface area (Å²) in [5.41, 5.74) is 6.69. The van der Waals surface area contributed by atoms with E-state index in [0.29, 0.717) is 11.4 Å². The van der Waals surface area contributed by atoms with Crippen LogP contribution in [-0.4, -0.2) is 36.5 Å². The first kappa shape index (κ1) is 15.3. The Hall–Kier alpha value is -2.08. The first-order valence-electron chi connectivity index (χ1n) is 7.27. The van der Waals surface area contributed by atoms with Crippen LogP contribution < -0.4 is 16.4 Å². The van der Waals surface area contributed by atoms with E-state index in [2.05, 4.69) is 10.6 Å². The number of hydrogen-bond donors (Lipinski definition) is 3. The number of benzene rings is 1. The highest BCUT2D eigenvalue weighted by atomic mass is 16.2. The molecule has 1 unspecified atom stereocenters. The molecule has 6 nitrogen and oxygen atoms in total. The average Bonchev–Trinajstić information content (AvgIpc) is 3.02. The van der Waals surface area contributed by atoms with Crippen LogP contribution in [0.4, 0.5) is 16.2 Å². The summed E-state index contributed by atoms with van der Waals surface area (Å²) in [6.45, 7) is 3.62. The van der Waals surface area contributed by atoms with Gasteiger partial charge in [-0.05, 0) is 25.0 Å². The molecule has 114 valence electrons. The summed E-state index contributed by atoms with van der Waals surface area (Å²) in [5.74, 6) is -0.423. The third kappa shape index (κ3) is 3.95. The molecular formula is C15H22N4O2. The number of nitrogens with zero attached hydrogens (tertiary/aromatic N) is 1. The normalized spacial score (nSPS) is 15.6. The number of para-hydroxylation sites is 2. The van der Waals surface area contributed by atoms with Gasteiger partial charge < -0.3 is 21.3 Å². The van der Waals surface area contributed by atoms with E-state index in [1.807, 2.05) is 12.1 Å². The molecule has 1 fully saturated rings. The summed E-state index contributed by atoms with van der Waals surface area (Å²) in [6.07, 6.45) is 2.08. The quantitative estimate of drug-likeness (QED) is 0.790. The van der Waals surface area contributed by atoms with E-state index < -0.39 is 0 Å². The lowest BCUT2D eigenvalue weighted by atomic mass is 10.1. The number of nitrogens with one attached hydrogen (secondary N) is 2. The fourth-order valence-electron chi connectivity index (χ4n) is 2.18. The van der Waals surface area contributed by atoms with Crippen molar-refractivity contribution in [3.63, 3.8) is 0 Å². The standard InChI is InChI=1S/C15H22N4O2/c1-11(10-16)14(20)17-12-6-2-3-7-13(12)18-15(21)19-8-4-5-9-19/h2-3,6-7,11H,4-5,8-10,16H2,1H3,(H,17,20)(H,18,21). The first-order chi connectivity index (χ1) is 10.1. The molecule has 4 N–H and O–H groups in total. The minimum Gasteiger partial charge on any atom is -0.330 e. The van der Waals surface area contributed by atoms with Crippen molar-refractivity contribution < 1.29 is 9.59 Å². The fourth-order valence-corrected chi connectivity index (χ4v) is 2.18. The summed E-state index contributed by atoms with van der Waals surface area (Å²) < 4.78 is 0. The molecule has 0 bridgehead atoms. The van der Waals surface area contributed by atoms with E-state index in [4.69, 9.17) is 5.73 Å². The smallest absolute Gasteiger partial charge is 0.321 e. The molecule has 0 spiro atoms. The summed E-state index contributed by atoms with van der Waals surface area (Å²) >= 11 is 0. The van der Waals surface area contributed by atoms with Gasteiger partial charge in [0, 0.05) is 25.6 Å². The molecule has 1 aliphatic heterocycles. The predicted octanol–water partition coefficient (Wildman–Crippen LogP) is 1.85. The van der Waals surface area contributed by atoms with Gasteiger partial charge in [0.25, 0.3) is 0 Å². The zero-order valence-corrected chi connectivity index (χ0v) is 12.3. The highest BCUT2D eigenvalue weighted by Crippen LogP contribution is 2.22. The second-order valence-electron chi connectivity index (χ2n) is 5.30. The van der Waals surface area contributed by atoms with E-state index in [1.54, 1.807) is 24.0 Å². The number of carbonyl (C=O) groups is 2. The monoisotopic (exact) mass is 290 g/mol. The van der Waals surface area contributed by atoms with E-state index in [1.165, 1.54) is 0 Å². The van der Waals surface area contributed by atoms with Crippen molar-refractivity contribution in [3.05, 3.63) is 24.3 Å². The van der Waals surface area contributed by atoms with Crippen LogP contribution in [-0.2, 0) is 4.79 Å². The summed E-state index contributed by atoms with van der Waals surface area (Å²) in [4.78, 5) is 25.8. The number of amides is 3. The zero-order chi connectivity index (χ0) is 15.2. The van der Waals surface area contributed by atoms with Crippen LogP contribution >= 0.6 is 0 Å².